The van der Waals surface area contributed by atoms with E-state index in [9.17, 15) is 0 Å². The van der Waals surface area contributed by atoms with Crippen LogP contribution in [-0.2, 0) is 0 Å². The van der Waals surface area contributed by atoms with Gasteiger partial charge in [-0.15, -0.1) is 0 Å². The molecule has 326 valence electrons. The molecule has 70 heavy (non-hydrogen) atoms. The highest BCUT2D eigenvalue weighted by Crippen LogP contribution is 2.49. The van der Waals surface area contributed by atoms with Crippen molar-refractivity contribution in [3.05, 3.63) is 272 Å². The van der Waals surface area contributed by atoms with Crippen LogP contribution in [-0.4, -0.2) is 4.57 Å². The number of rotatable bonds is 8. The molecule has 1 aromatic heterocycles. The minimum absolute atomic E-state index is 0.601. The van der Waals surface area contributed by atoms with Crippen LogP contribution in [0.25, 0.3) is 109 Å². The first-order chi connectivity index (χ1) is 34.7. The highest BCUT2D eigenvalue weighted by Gasteiger charge is 2.24. The van der Waals surface area contributed by atoms with Crippen LogP contribution in [0.4, 0.5) is 22.7 Å². The summed E-state index contributed by atoms with van der Waals surface area (Å²) in [6.07, 6.45) is 0. The lowest BCUT2D eigenvalue weighted by molar-refractivity contribution is 1.17. The molecular formula is C67H43N3. The molecule has 0 unspecified atom stereocenters. The lowest BCUT2D eigenvalue weighted by Gasteiger charge is -2.30. The average Bonchev–Trinajstić information content (AvgIpc) is 3.77. The molecule has 3 nitrogen and oxygen atoms in total. The molecular weight excluding hydrogens is 847 g/mol. The Morgan fingerprint density at radius 2 is 0.829 bits per heavy atom. The van der Waals surface area contributed by atoms with Crippen molar-refractivity contribution in [3.63, 3.8) is 0 Å². The third kappa shape index (κ3) is 6.90. The van der Waals surface area contributed by atoms with Gasteiger partial charge in [0.2, 0.25) is 0 Å². The van der Waals surface area contributed by atoms with Crippen molar-refractivity contribution in [3.8, 4) is 50.2 Å². The Balaban J connectivity index is 1.02. The molecule has 0 bridgehead atoms. The summed E-state index contributed by atoms with van der Waals surface area (Å²) in [6.45, 7) is 7.84. The molecule has 0 fully saturated rings. The summed E-state index contributed by atoms with van der Waals surface area (Å²) in [5.41, 5.74) is 16.5. The van der Waals surface area contributed by atoms with E-state index in [4.69, 9.17) is 6.57 Å². The maximum absolute atomic E-state index is 7.84. The van der Waals surface area contributed by atoms with Gasteiger partial charge < -0.3 is 9.47 Å². The standard InChI is InChI=1S/C67H43N3/c1-68-52-36-38-53(39-37-52)69(67-60-27-12-10-25-58(60)66(59-26-11-13-28-61(59)67)49-32-30-48(31-33-49)57-29-14-21-47-20-8-9-24-56(47)57)54-22-15-23-55(44-54)70-64-40-34-50(45-16-4-2-5-17-45)42-62(64)63-43-51(35-41-65(63)70)46-18-6-3-7-19-46/h2-44H. The van der Waals surface area contributed by atoms with E-state index in [0.29, 0.717) is 5.69 Å². The van der Waals surface area contributed by atoms with Gasteiger partial charge in [-0.05, 0) is 121 Å². The van der Waals surface area contributed by atoms with Crippen molar-refractivity contribution in [2.24, 2.45) is 0 Å². The fourth-order valence-electron chi connectivity index (χ4n) is 10.7. The van der Waals surface area contributed by atoms with Crippen molar-refractivity contribution in [2.45, 2.75) is 0 Å². The number of aromatic nitrogens is 1. The zero-order valence-electron chi connectivity index (χ0n) is 38.2. The first-order valence-electron chi connectivity index (χ1n) is 23.8. The molecule has 0 amide bonds. The van der Waals surface area contributed by atoms with Gasteiger partial charge in [0, 0.05) is 38.6 Å². The van der Waals surface area contributed by atoms with Gasteiger partial charge in [-0.3, -0.25) is 0 Å². The molecule has 13 aromatic rings. The Labute approximate surface area is 406 Å². The molecule has 0 aliphatic carbocycles. The van der Waals surface area contributed by atoms with E-state index in [-0.39, 0.29) is 0 Å². The third-order valence-electron chi connectivity index (χ3n) is 14.0. The second kappa shape index (κ2) is 17.0. The van der Waals surface area contributed by atoms with Crippen molar-refractivity contribution in [2.75, 3.05) is 4.90 Å². The van der Waals surface area contributed by atoms with Crippen LogP contribution < -0.4 is 4.90 Å². The van der Waals surface area contributed by atoms with E-state index in [0.717, 1.165) is 50.1 Å². The fraction of sp³-hybridized carbons (Fsp3) is 0. The second-order valence-corrected chi connectivity index (χ2v) is 17.9. The van der Waals surface area contributed by atoms with E-state index in [1.54, 1.807) is 0 Å². The Kier molecular flexibility index (Phi) is 9.89. The molecule has 0 radical (unpaired) electrons. The van der Waals surface area contributed by atoms with Crippen molar-refractivity contribution >= 4 is 76.9 Å². The number of fused-ring (bicyclic) bond motifs is 6. The van der Waals surface area contributed by atoms with Crippen molar-refractivity contribution < 1.29 is 0 Å². The summed E-state index contributed by atoms with van der Waals surface area (Å²) in [4.78, 5) is 6.18. The lowest BCUT2D eigenvalue weighted by Crippen LogP contribution is -2.12. The SMILES string of the molecule is [C-]#[N+]c1ccc(N(c2cccc(-n3c4ccc(-c5ccccc5)cc4c4cc(-c5ccccc5)ccc43)c2)c2c3ccccc3c(-c3ccc(-c4cccc5ccccc45)cc3)c3ccccc23)cc1. The van der Waals surface area contributed by atoms with Crippen LogP contribution in [0.2, 0.25) is 0 Å². The summed E-state index contributed by atoms with van der Waals surface area (Å²) in [5, 5.41) is 9.48. The minimum atomic E-state index is 0.601. The summed E-state index contributed by atoms with van der Waals surface area (Å²) in [5.74, 6) is 0. The van der Waals surface area contributed by atoms with E-state index in [1.807, 2.05) is 12.1 Å². The predicted molar refractivity (Wildman–Crippen MR) is 296 cm³/mol. The van der Waals surface area contributed by atoms with Gasteiger partial charge in [0.15, 0.2) is 5.69 Å². The number of nitrogens with zero attached hydrogens (tertiary/aromatic N) is 3. The van der Waals surface area contributed by atoms with Gasteiger partial charge in [-0.2, -0.15) is 0 Å². The van der Waals surface area contributed by atoms with Gasteiger partial charge in [-0.25, -0.2) is 4.85 Å². The Morgan fingerprint density at radius 1 is 0.329 bits per heavy atom. The molecule has 0 saturated heterocycles. The number of hydrogen-bond acceptors (Lipinski definition) is 1. The summed E-state index contributed by atoms with van der Waals surface area (Å²) >= 11 is 0. The maximum atomic E-state index is 7.84. The maximum Gasteiger partial charge on any atom is 0.187 e. The van der Waals surface area contributed by atoms with Crippen LogP contribution >= 0.6 is 0 Å². The molecule has 0 atom stereocenters. The Bertz CT molecular complexity index is 4000. The largest absolute Gasteiger partial charge is 0.309 e. The normalized spacial score (nSPS) is 11.4. The van der Waals surface area contributed by atoms with E-state index < -0.39 is 0 Å². The van der Waals surface area contributed by atoms with Crippen LogP contribution in [0.1, 0.15) is 0 Å². The van der Waals surface area contributed by atoms with Crippen LogP contribution in [0.15, 0.2) is 261 Å². The average molecular weight is 890 g/mol. The Morgan fingerprint density at radius 3 is 1.43 bits per heavy atom. The predicted octanol–water partition coefficient (Wildman–Crippen LogP) is 18.9. The number of hydrogen-bond donors (Lipinski definition) is 0. The Hall–Kier alpha value is -9.49. The number of anilines is 3. The number of benzene rings is 12. The van der Waals surface area contributed by atoms with Crippen molar-refractivity contribution in [1.82, 2.24) is 4.57 Å². The van der Waals surface area contributed by atoms with Crippen molar-refractivity contribution in [1.29, 1.82) is 0 Å². The van der Waals surface area contributed by atoms with Gasteiger partial charge in [0.05, 0.1) is 23.3 Å². The second-order valence-electron chi connectivity index (χ2n) is 17.9. The molecule has 3 heteroatoms. The topological polar surface area (TPSA) is 12.5 Å². The minimum Gasteiger partial charge on any atom is -0.309 e. The smallest absolute Gasteiger partial charge is 0.187 e. The molecule has 0 spiro atoms. The summed E-state index contributed by atoms with van der Waals surface area (Å²) in [7, 11) is 0. The molecule has 12 aromatic carbocycles. The van der Waals surface area contributed by atoms with Crippen LogP contribution in [0.5, 0.6) is 0 Å². The quantitative estimate of drug-likeness (QED) is 0.109. The van der Waals surface area contributed by atoms with Crippen LogP contribution in [0.3, 0.4) is 0 Å². The molecule has 0 N–H and O–H groups in total. The highest BCUT2D eigenvalue weighted by atomic mass is 15.1. The van der Waals surface area contributed by atoms with Crippen LogP contribution in [0, 0.1) is 6.57 Å². The molecule has 0 aliphatic heterocycles. The summed E-state index contributed by atoms with van der Waals surface area (Å²) < 4.78 is 2.42. The molecule has 1 heterocycles. The van der Waals surface area contributed by atoms with E-state index >= 15 is 0 Å². The molecule has 0 aliphatic rings. The monoisotopic (exact) mass is 889 g/mol. The highest BCUT2D eigenvalue weighted by molar-refractivity contribution is 6.22. The fourth-order valence-corrected chi connectivity index (χ4v) is 10.7. The van der Waals surface area contributed by atoms with E-state index in [2.05, 4.69) is 263 Å². The lowest BCUT2D eigenvalue weighted by atomic mass is 9.89. The van der Waals surface area contributed by atoms with Gasteiger partial charge >= 0.3 is 0 Å². The molecule has 13 rings (SSSR count). The third-order valence-corrected chi connectivity index (χ3v) is 14.0. The zero-order chi connectivity index (χ0) is 46.5. The summed E-state index contributed by atoms with van der Waals surface area (Å²) in [6, 6.07) is 93.9. The zero-order valence-corrected chi connectivity index (χ0v) is 38.2. The molecule has 0 saturated carbocycles. The van der Waals surface area contributed by atoms with Gasteiger partial charge in [0.1, 0.15) is 0 Å². The first kappa shape index (κ1) is 40.8. The van der Waals surface area contributed by atoms with E-state index in [1.165, 1.54) is 71.3 Å². The van der Waals surface area contributed by atoms with Gasteiger partial charge in [-0.1, -0.05) is 206 Å². The first-order valence-corrected chi connectivity index (χ1v) is 23.8. The van der Waals surface area contributed by atoms with Gasteiger partial charge in [0.25, 0.3) is 0 Å².